The Balaban J connectivity index is 2.75. The maximum Gasteiger partial charge on any atom is 0.338 e. The summed E-state index contributed by atoms with van der Waals surface area (Å²) in [5, 5.41) is 0. The molecule has 22 heavy (non-hydrogen) atoms. The predicted octanol–water partition coefficient (Wildman–Crippen LogP) is 2.89. The Hall–Kier alpha value is -2.04. The summed E-state index contributed by atoms with van der Waals surface area (Å²) in [6.07, 6.45) is 0. The predicted molar refractivity (Wildman–Crippen MR) is 86.1 cm³/mol. The topological polar surface area (TPSA) is 55.8 Å². The summed E-state index contributed by atoms with van der Waals surface area (Å²) >= 11 is 0. The van der Waals surface area contributed by atoms with Crippen LogP contribution < -0.4 is 4.90 Å². The van der Waals surface area contributed by atoms with Crippen molar-refractivity contribution in [3.05, 3.63) is 29.8 Å². The molecule has 1 rings (SSSR count). The molecule has 0 aliphatic heterocycles. The molecule has 0 aliphatic rings. The zero-order valence-electron chi connectivity index (χ0n) is 14.0. The molecule has 0 N–H and O–H groups in total. The average molecular weight is 307 g/mol. The third-order valence-corrected chi connectivity index (χ3v) is 3.28. The van der Waals surface area contributed by atoms with E-state index in [1.807, 2.05) is 37.9 Å². The number of hydrogen-bond donors (Lipinski definition) is 0. The lowest BCUT2D eigenvalue weighted by Crippen LogP contribution is -2.38. The molecular formula is C17H25NO4. The van der Waals surface area contributed by atoms with Crippen molar-refractivity contribution < 1.29 is 19.1 Å². The fourth-order valence-electron chi connectivity index (χ4n) is 2.14. The smallest absolute Gasteiger partial charge is 0.338 e. The molecule has 122 valence electrons. The van der Waals surface area contributed by atoms with Crippen LogP contribution in [-0.4, -0.2) is 38.7 Å². The van der Waals surface area contributed by atoms with Gasteiger partial charge >= 0.3 is 11.9 Å². The van der Waals surface area contributed by atoms with E-state index in [-0.39, 0.29) is 11.9 Å². The fourth-order valence-corrected chi connectivity index (χ4v) is 2.14. The van der Waals surface area contributed by atoms with Gasteiger partial charge in [-0.3, -0.25) is 4.79 Å². The Kier molecular flexibility index (Phi) is 6.40. The van der Waals surface area contributed by atoms with Gasteiger partial charge in [0.05, 0.1) is 24.2 Å². The lowest BCUT2D eigenvalue weighted by atomic mass is 9.93. The van der Waals surface area contributed by atoms with E-state index >= 15 is 0 Å². The molecule has 1 aromatic rings. The highest BCUT2D eigenvalue weighted by Crippen LogP contribution is 2.23. The average Bonchev–Trinajstić information content (AvgIpc) is 2.47. The van der Waals surface area contributed by atoms with Crippen LogP contribution in [0, 0.1) is 5.41 Å². The quantitative estimate of drug-likeness (QED) is 0.725. The van der Waals surface area contributed by atoms with Crippen LogP contribution in [0.3, 0.4) is 0 Å². The van der Waals surface area contributed by atoms with E-state index in [0.717, 1.165) is 5.69 Å². The van der Waals surface area contributed by atoms with Gasteiger partial charge in [-0.15, -0.1) is 0 Å². The number of rotatable bonds is 7. The standard InChI is InChI=1S/C17H25NO4/c1-6-21-15(19)13-8-10-14(11-9-13)18(5)12-17(3,4)16(20)22-7-2/h8-11H,6-7,12H2,1-5H3. The summed E-state index contributed by atoms with van der Waals surface area (Å²) in [6.45, 7) is 8.53. The maximum atomic E-state index is 11.9. The van der Waals surface area contributed by atoms with Crippen molar-refractivity contribution >= 4 is 17.6 Å². The highest BCUT2D eigenvalue weighted by atomic mass is 16.5. The molecular weight excluding hydrogens is 282 g/mol. The molecule has 0 radical (unpaired) electrons. The van der Waals surface area contributed by atoms with Crippen LogP contribution in [0.2, 0.25) is 0 Å². The first-order valence-corrected chi connectivity index (χ1v) is 7.47. The number of esters is 2. The molecule has 0 saturated carbocycles. The number of anilines is 1. The number of hydrogen-bond acceptors (Lipinski definition) is 5. The van der Waals surface area contributed by atoms with Crippen molar-refractivity contribution in [1.29, 1.82) is 0 Å². The second-order valence-corrected chi connectivity index (χ2v) is 5.73. The minimum absolute atomic E-state index is 0.218. The molecule has 0 amide bonds. The molecule has 0 bridgehead atoms. The number of ether oxygens (including phenoxy) is 2. The van der Waals surface area contributed by atoms with Gasteiger partial charge in [-0.05, 0) is 52.0 Å². The molecule has 1 aromatic carbocycles. The number of carbonyl (C=O) groups excluding carboxylic acids is 2. The van der Waals surface area contributed by atoms with Gasteiger partial charge < -0.3 is 14.4 Å². The van der Waals surface area contributed by atoms with Crippen molar-refractivity contribution in [2.75, 3.05) is 31.7 Å². The minimum Gasteiger partial charge on any atom is -0.466 e. The van der Waals surface area contributed by atoms with Gasteiger partial charge in [0.25, 0.3) is 0 Å². The second kappa shape index (κ2) is 7.82. The number of carbonyl (C=O) groups is 2. The van der Waals surface area contributed by atoms with Crippen molar-refractivity contribution in [2.24, 2.45) is 5.41 Å². The lowest BCUT2D eigenvalue weighted by molar-refractivity contribution is -0.152. The molecule has 5 nitrogen and oxygen atoms in total. The van der Waals surface area contributed by atoms with E-state index in [1.165, 1.54) is 0 Å². The second-order valence-electron chi connectivity index (χ2n) is 5.73. The molecule has 0 fully saturated rings. The monoisotopic (exact) mass is 307 g/mol. The van der Waals surface area contributed by atoms with Gasteiger partial charge in [-0.25, -0.2) is 4.79 Å². The molecule has 0 aliphatic carbocycles. The van der Waals surface area contributed by atoms with Crippen molar-refractivity contribution in [1.82, 2.24) is 0 Å². The van der Waals surface area contributed by atoms with E-state index in [1.54, 1.807) is 26.0 Å². The lowest BCUT2D eigenvalue weighted by Gasteiger charge is -2.29. The third kappa shape index (κ3) is 4.76. The van der Waals surface area contributed by atoms with E-state index < -0.39 is 5.41 Å². The largest absolute Gasteiger partial charge is 0.466 e. The van der Waals surface area contributed by atoms with E-state index in [2.05, 4.69) is 0 Å². The van der Waals surface area contributed by atoms with E-state index in [0.29, 0.717) is 25.3 Å². The van der Waals surface area contributed by atoms with Crippen LogP contribution in [0.1, 0.15) is 38.1 Å². The van der Waals surface area contributed by atoms with Crippen molar-refractivity contribution in [3.8, 4) is 0 Å². The summed E-state index contributed by atoms with van der Waals surface area (Å²) in [6, 6.07) is 7.13. The first-order valence-electron chi connectivity index (χ1n) is 7.47. The van der Waals surface area contributed by atoms with Crippen molar-refractivity contribution in [3.63, 3.8) is 0 Å². The molecule has 0 saturated heterocycles. The van der Waals surface area contributed by atoms with Gasteiger partial charge in [-0.2, -0.15) is 0 Å². The van der Waals surface area contributed by atoms with E-state index in [4.69, 9.17) is 9.47 Å². The number of nitrogens with zero attached hydrogens (tertiary/aromatic N) is 1. The Bertz CT molecular complexity index is 508. The van der Waals surface area contributed by atoms with Gasteiger partial charge in [-0.1, -0.05) is 0 Å². The Morgan fingerprint density at radius 2 is 1.59 bits per heavy atom. The summed E-state index contributed by atoms with van der Waals surface area (Å²) in [7, 11) is 1.90. The summed E-state index contributed by atoms with van der Waals surface area (Å²) in [5.74, 6) is -0.548. The zero-order valence-corrected chi connectivity index (χ0v) is 14.0. The number of benzene rings is 1. The maximum absolute atomic E-state index is 11.9. The first-order chi connectivity index (χ1) is 10.3. The minimum atomic E-state index is -0.607. The highest BCUT2D eigenvalue weighted by molar-refractivity contribution is 5.89. The van der Waals surface area contributed by atoms with Crippen LogP contribution in [0.25, 0.3) is 0 Å². The molecule has 0 atom stereocenters. The van der Waals surface area contributed by atoms with Gasteiger partial charge in [0, 0.05) is 19.3 Å². The van der Waals surface area contributed by atoms with E-state index in [9.17, 15) is 9.59 Å². The first kappa shape index (κ1) is 18.0. The molecule has 5 heteroatoms. The van der Waals surface area contributed by atoms with Crippen LogP contribution in [0.4, 0.5) is 5.69 Å². The SMILES string of the molecule is CCOC(=O)c1ccc(N(C)CC(C)(C)C(=O)OCC)cc1. The van der Waals surface area contributed by atoms with Gasteiger partial charge in [0.2, 0.25) is 0 Å². The summed E-state index contributed by atoms with van der Waals surface area (Å²) in [4.78, 5) is 25.5. The normalized spacial score (nSPS) is 11.0. The molecule has 0 heterocycles. The summed E-state index contributed by atoms with van der Waals surface area (Å²) in [5.41, 5.74) is 0.832. The van der Waals surface area contributed by atoms with Gasteiger partial charge in [0.1, 0.15) is 0 Å². The Labute approximate surface area is 132 Å². The highest BCUT2D eigenvalue weighted by Gasteiger charge is 2.30. The Morgan fingerprint density at radius 3 is 2.09 bits per heavy atom. The molecule has 0 aromatic heterocycles. The third-order valence-electron chi connectivity index (χ3n) is 3.28. The Morgan fingerprint density at radius 1 is 1.05 bits per heavy atom. The van der Waals surface area contributed by atoms with Crippen LogP contribution in [-0.2, 0) is 14.3 Å². The van der Waals surface area contributed by atoms with Gasteiger partial charge in [0.15, 0.2) is 0 Å². The summed E-state index contributed by atoms with van der Waals surface area (Å²) < 4.78 is 10.0. The zero-order chi connectivity index (χ0) is 16.8. The van der Waals surface area contributed by atoms with Crippen LogP contribution in [0.15, 0.2) is 24.3 Å². The van der Waals surface area contributed by atoms with Crippen LogP contribution >= 0.6 is 0 Å². The van der Waals surface area contributed by atoms with Crippen molar-refractivity contribution in [2.45, 2.75) is 27.7 Å². The molecule has 0 spiro atoms. The fraction of sp³-hybridized carbons (Fsp3) is 0.529. The molecule has 0 unspecified atom stereocenters. The van der Waals surface area contributed by atoms with Crippen LogP contribution in [0.5, 0.6) is 0 Å².